The molecule has 0 radical (unpaired) electrons. The maximum Gasteiger partial charge on any atom is 0.306 e. The van der Waals surface area contributed by atoms with E-state index in [1.54, 1.807) is 36.4 Å². The Labute approximate surface area is 162 Å². The molecule has 1 aliphatic carbocycles. The van der Waals surface area contributed by atoms with E-state index in [0.29, 0.717) is 41.4 Å². The van der Waals surface area contributed by atoms with Crippen molar-refractivity contribution in [3.05, 3.63) is 78.6 Å². The fourth-order valence-corrected chi connectivity index (χ4v) is 3.08. The zero-order chi connectivity index (χ0) is 19.5. The van der Waals surface area contributed by atoms with Gasteiger partial charge in [-0.3, -0.25) is 4.79 Å². The van der Waals surface area contributed by atoms with Gasteiger partial charge in [-0.2, -0.15) is 0 Å². The molecule has 3 aromatic rings. The van der Waals surface area contributed by atoms with Crippen molar-refractivity contribution in [2.24, 2.45) is 11.8 Å². The summed E-state index contributed by atoms with van der Waals surface area (Å²) in [6.07, 6.45) is 0.660. The van der Waals surface area contributed by atoms with Crippen molar-refractivity contribution in [3.63, 3.8) is 0 Å². The average molecular weight is 378 g/mol. The van der Waals surface area contributed by atoms with Crippen LogP contribution in [0, 0.1) is 17.7 Å². The van der Waals surface area contributed by atoms with E-state index in [1.165, 1.54) is 6.07 Å². The summed E-state index contributed by atoms with van der Waals surface area (Å²) in [5.74, 6) is 0.548. The van der Waals surface area contributed by atoms with Gasteiger partial charge in [-0.1, -0.05) is 30.3 Å². The van der Waals surface area contributed by atoms with Crippen LogP contribution in [0.25, 0.3) is 11.1 Å². The summed E-state index contributed by atoms with van der Waals surface area (Å²) in [5, 5.41) is 8.92. The van der Waals surface area contributed by atoms with Gasteiger partial charge in [-0.15, -0.1) is 0 Å². The van der Waals surface area contributed by atoms with Crippen LogP contribution in [0.15, 0.2) is 72.8 Å². The van der Waals surface area contributed by atoms with Crippen LogP contribution >= 0.6 is 0 Å². The third-order valence-electron chi connectivity index (χ3n) is 4.79. The first-order valence-electron chi connectivity index (χ1n) is 9.08. The van der Waals surface area contributed by atoms with E-state index in [4.69, 9.17) is 14.6 Å². The lowest BCUT2D eigenvalue weighted by atomic mass is 10.0. The Bertz CT molecular complexity index is 970. The molecule has 142 valence electrons. The van der Waals surface area contributed by atoms with Gasteiger partial charge in [0, 0.05) is 11.5 Å². The van der Waals surface area contributed by atoms with Gasteiger partial charge in [0.1, 0.15) is 23.1 Å². The first kappa shape index (κ1) is 18.0. The van der Waals surface area contributed by atoms with Crippen molar-refractivity contribution in [1.29, 1.82) is 0 Å². The monoisotopic (exact) mass is 378 g/mol. The maximum atomic E-state index is 14.3. The van der Waals surface area contributed by atoms with Crippen molar-refractivity contribution in [2.75, 3.05) is 6.61 Å². The van der Waals surface area contributed by atoms with E-state index >= 15 is 0 Å². The van der Waals surface area contributed by atoms with Gasteiger partial charge in [-0.25, -0.2) is 4.39 Å². The first-order valence-corrected chi connectivity index (χ1v) is 9.08. The summed E-state index contributed by atoms with van der Waals surface area (Å²) in [6, 6.07) is 21.1. The maximum absolute atomic E-state index is 14.3. The smallest absolute Gasteiger partial charge is 0.306 e. The number of ether oxygens (including phenoxy) is 2. The summed E-state index contributed by atoms with van der Waals surface area (Å²) in [4.78, 5) is 10.9. The molecule has 1 saturated carbocycles. The van der Waals surface area contributed by atoms with Gasteiger partial charge in [0.15, 0.2) is 0 Å². The van der Waals surface area contributed by atoms with E-state index in [1.807, 2.05) is 30.3 Å². The number of aliphatic carboxylic acids is 1. The van der Waals surface area contributed by atoms with E-state index in [2.05, 4.69) is 0 Å². The third-order valence-corrected chi connectivity index (χ3v) is 4.79. The van der Waals surface area contributed by atoms with Crippen molar-refractivity contribution >= 4 is 5.97 Å². The zero-order valence-corrected chi connectivity index (χ0v) is 15.0. The summed E-state index contributed by atoms with van der Waals surface area (Å²) in [5.41, 5.74) is 1.14. The summed E-state index contributed by atoms with van der Waals surface area (Å²) >= 11 is 0. The Morgan fingerprint density at radius 2 is 1.68 bits per heavy atom. The highest BCUT2D eigenvalue weighted by atomic mass is 19.1. The number of para-hydroxylation sites is 1. The lowest BCUT2D eigenvalue weighted by molar-refractivity contribution is -0.138. The second-order valence-corrected chi connectivity index (χ2v) is 6.83. The van der Waals surface area contributed by atoms with E-state index in [0.717, 1.165) is 0 Å². The van der Waals surface area contributed by atoms with Gasteiger partial charge < -0.3 is 14.6 Å². The quantitative estimate of drug-likeness (QED) is 0.599. The molecule has 4 rings (SSSR count). The molecule has 1 N–H and O–H groups in total. The minimum Gasteiger partial charge on any atom is -0.493 e. The second kappa shape index (κ2) is 7.72. The van der Waals surface area contributed by atoms with Crippen LogP contribution in [0.5, 0.6) is 17.2 Å². The Kier molecular flexibility index (Phi) is 4.98. The molecule has 0 unspecified atom stereocenters. The SMILES string of the molecule is O=C(O)[C@@H]1C[C@@H]1COc1ccc(-c2cc(Oc3ccccc3)ccc2F)cc1. The normalized spacial score (nSPS) is 17.8. The minimum atomic E-state index is -0.767. The molecule has 1 aliphatic rings. The molecule has 1 fully saturated rings. The average Bonchev–Trinajstić information content (AvgIpc) is 3.49. The molecular weight excluding hydrogens is 359 g/mol. The van der Waals surface area contributed by atoms with Gasteiger partial charge in [0.05, 0.1) is 12.5 Å². The second-order valence-electron chi connectivity index (χ2n) is 6.83. The van der Waals surface area contributed by atoms with Crippen LogP contribution in [0.4, 0.5) is 4.39 Å². The highest BCUT2D eigenvalue weighted by molar-refractivity contribution is 5.73. The highest BCUT2D eigenvalue weighted by Gasteiger charge is 2.43. The van der Waals surface area contributed by atoms with Crippen molar-refractivity contribution in [2.45, 2.75) is 6.42 Å². The molecule has 0 amide bonds. The molecule has 0 aliphatic heterocycles. The Balaban J connectivity index is 1.45. The minimum absolute atomic E-state index is 0.0708. The van der Waals surface area contributed by atoms with Gasteiger partial charge in [-0.05, 0) is 54.4 Å². The highest BCUT2D eigenvalue weighted by Crippen LogP contribution is 2.39. The Hall–Kier alpha value is -3.34. The molecule has 2 atom stereocenters. The zero-order valence-electron chi connectivity index (χ0n) is 15.0. The van der Waals surface area contributed by atoms with Crippen LogP contribution < -0.4 is 9.47 Å². The Morgan fingerprint density at radius 1 is 0.964 bits per heavy atom. The summed E-state index contributed by atoms with van der Waals surface area (Å²) in [6.45, 7) is 0.380. The molecule has 4 nitrogen and oxygen atoms in total. The van der Waals surface area contributed by atoms with E-state index in [9.17, 15) is 9.18 Å². The number of hydrogen-bond acceptors (Lipinski definition) is 3. The number of benzene rings is 3. The van der Waals surface area contributed by atoms with E-state index < -0.39 is 5.97 Å². The first-order chi connectivity index (χ1) is 13.6. The van der Waals surface area contributed by atoms with Gasteiger partial charge in [0.2, 0.25) is 0 Å². The van der Waals surface area contributed by atoms with Gasteiger partial charge >= 0.3 is 5.97 Å². The van der Waals surface area contributed by atoms with Crippen molar-refractivity contribution in [1.82, 2.24) is 0 Å². The Morgan fingerprint density at radius 3 is 2.36 bits per heavy atom. The molecule has 3 aromatic carbocycles. The van der Waals surface area contributed by atoms with Crippen LogP contribution in [0.2, 0.25) is 0 Å². The number of carbonyl (C=O) groups is 1. The standard InChI is InChI=1S/C23H19FO4/c24-22-11-10-19(28-18-4-2-1-3-5-18)13-20(22)15-6-8-17(9-7-15)27-14-16-12-21(16)23(25)26/h1-11,13,16,21H,12,14H2,(H,25,26)/t16-,21-/m1/s1. The summed E-state index contributed by atoms with van der Waals surface area (Å²) in [7, 11) is 0. The third kappa shape index (κ3) is 4.14. The lowest BCUT2D eigenvalue weighted by Crippen LogP contribution is -2.06. The molecular formula is C23H19FO4. The van der Waals surface area contributed by atoms with Gasteiger partial charge in [0.25, 0.3) is 0 Å². The number of rotatable bonds is 7. The molecule has 0 saturated heterocycles. The molecule has 0 aromatic heterocycles. The molecule has 0 bridgehead atoms. The van der Waals surface area contributed by atoms with E-state index in [-0.39, 0.29) is 17.7 Å². The number of hydrogen-bond donors (Lipinski definition) is 1. The number of carboxylic acids is 1. The largest absolute Gasteiger partial charge is 0.493 e. The molecule has 0 spiro atoms. The van der Waals surface area contributed by atoms with Crippen LogP contribution in [0.3, 0.4) is 0 Å². The fraction of sp³-hybridized carbons (Fsp3) is 0.174. The number of carboxylic acid groups (broad SMARTS) is 1. The number of halogens is 1. The van der Waals surface area contributed by atoms with Crippen LogP contribution in [-0.2, 0) is 4.79 Å². The molecule has 28 heavy (non-hydrogen) atoms. The van der Waals surface area contributed by atoms with Crippen LogP contribution in [0.1, 0.15) is 6.42 Å². The van der Waals surface area contributed by atoms with Crippen molar-refractivity contribution in [3.8, 4) is 28.4 Å². The predicted molar refractivity (Wildman–Crippen MR) is 103 cm³/mol. The summed E-state index contributed by atoms with van der Waals surface area (Å²) < 4.78 is 25.8. The molecule has 0 heterocycles. The predicted octanol–water partition coefficient (Wildman–Crippen LogP) is 5.38. The topological polar surface area (TPSA) is 55.8 Å². The lowest BCUT2D eigenvalue weighted by Gasteiger charge is -2.10. The van der Waals surface area contributed by atoms with Crippen LogP contribution in [-0.4, -0.2) is 17.7 Å². The van der Waals surface area contributed by atoms with Crippen molar-refractivity contribution < 1.29 is 23.8 Å². The fourth-order valence-electron chi connectivity index (χ4n) is 3.08. The molecule has 5 heteroatoms.